The van der Waals surface area contributed by atoms with Crippen molar-refractivity contribution in [1.29, 1.82) is 0 Å². The molecule has 0 atom stereocenters. The van der Waals surface area contributed by atoms with Gasteiger partial charge in [-0.25, -0.2) is 19.9 Å². The van der Waals surface area contributed by atoms with Gasteiger partial charge in [-0.2, -0.15) is 0 Å². The Morgan fingerprint density at radius 1 is 1.17 bits per heavy atom. The second-order valence-corrected chi connectivity index (χ2v) is 5.43. The minimum Gasteiger partial charge on any atom is -0.368 e. The average Bonchev–Trinajstić information content (AvgIpc) is 3.17. The number of imidazole rings is 2. The van der Waals surface area contributed by atoms with E-state index in [1.165, 1.54) is 11.8 Å². The topological polar surface area (TPSA) is 84.3 Å². The highest BCUT2D eigenvalue weighted by molar-refractivity contribution is 5.81. The lowest BCUT2D eigenvalue weighted by Gasteiger charge is -2.06. The van der Waals surface area contributed by atoms with Crippen molar-refractivity contribution in [1.82, 2.24) is 29.5 Å². The predicted octanol–water partition coefficient (Wildman–Crippen LogP) is 2.28. The SMILES string of the molecule is Cn1c(CCCNc2ncnc3nc[nH]c23)nc2ccccc21. The smallest absolute Gasteiger partial charge is 0.182 e. The van der Waals surface area contributed by atoms with Crippen LogP contribution in [0.25, 0.3) is 22.2 Å². The zero-order valence-electron chi connectivity index (χ0n) is 12.8. The van der Waals surface area contributed by atoms with Gasteiger partial charge in [0.1, 0.15) is 17.7 Å². The Hall–Kier alpha value is -2.96. The number of aromatic nitrogens is 6. The standard InChI is InChI=1S/C16H17N7/c1-23-12-6-3-2-5-11(12)22-13(23)7-4-8-17-15-14-16(19-9-18-14)21-10-20-15/h2-3,5-6,9-10H,4,7-8H2,1H3,(H2,17,18,19,20,21). The second-order valence-electron chi connectivity index (χ2n) is 5.43. The van der Waals surface area contributed by atoms with Crippen LogP contribution in [0.5, 0.6) is 0 Å². The van der Waals surface area contributed by atoms with E-state index in [1.54, 1.807) is 6.33 Å². The van der Waals surface area contributed by atoms with Gasteiger partial charge >= 0.3 is 0 Å². The Morgan fingerprint density at radius 3 is 3.00 bits per heavy atom. The Bertz CT molecular complexity index is 953. The highest BCUT2D eigenvalue weighted by Gasteiger charge is 2.08. The fourth-order valence-electron chi connectivity index (χ4n) is 2.77. The molecular formula is C16H17N7. The fourth-order valence-corrected chi connectivity index (χ4v) is 2.77. The van der Waals surface area contributed by atoms with Crippen molar-refractivity contribution in [2.75, 3.05) is 11.9 Å². The molecule has 3 aromatic heterocycles. The monoisotopic (exact) mass is 307 g/mol. The molecule has 7 nitrogen and oxygen atoms in total. The molecule has 0 aliphatic carbocycles. The maximum absolute atomic E-state index is 4.69. The Kier molecular flexibility index (Phi) is 3.38. The first-order chi connectivity index (χ1) is 11.3. The summed E-state index contributed by atoms with van der Waals surface area (Å²) in [5, 5.41) is 3.34. The third-order valence-corrected chi connectivity index (χ3v) is 3.97. The number of benzene rings is 1. The lowest BCUT2D eigenvalue weighted by molar-refractivity contribution is 0.752. The Morgan fingerprint density at radius 2 is 2.09 bits per heavy atom. The minimum absolute atomic E-state index is 0.679. The molecule has 0 aliphatic rings. The first kappa shape index (κ1) is 13.7. The predicted molar refractivity (Wildman–Crippen MR) is 89.2 cm³/mol. The van der Waals surface area contributed by atoms with E-state index in [0.717, 1.165) is 42.1 Å². The molecule has 2 N–H and O–H groups in total. The summed E-state index contributed by atoms with van der Waals surface area (Å²) in [4.78, 5) is 20.2. The zero-order chi connectivity index (χ0) is 15.6. The van der Waals surface area contributed by atoms with E-state index in [2.05, 4.69) is 42.9 Å². The van der Waals surface area contributed by atoms with Crippen molar-refractivity contribution in [2.45, 2.75) is 12.8 Å². The molecule has 0 saturated heterocycles. The first-order valence-corrected chi connectivity index (χ1v) is 7.61. The van der Waals surface area contributed by atoms with Gasteiger partial charge in [0, 0.05) is 20.0 Å². The second kappa shape index (κ2) is 5.68. The largest absolute Gasteiger partial charge is 0.368 e. The zero-order valence-corrected chi connectivity index (χ0v) is 12.8. The number of hydrogen-bond donors (Lipinski definition) is 2. The van der Waals surface area contributed by atoms with Crippen LogP contribution in [0.1, 0.15) is 12.2 Å². The number of hydrogen-bond acceptors (Lipinski definition) is 5. The van der Waals surface area contributed by atoms with Gasteiger partial charge in [-0.05, 0) is 18.6 Å². The third kappa shape index (κ3) is 2.50. The van der Waals surface area contributed by atoms with Crippen molar-refractivity contribution >= 4 is 28.0 Å². The van der Waals surface area contributed by atoms with E-state index in [4.69, 9.17) is 4.98 Å². The first-order valence-electron chi connectivity index (χ1n) is 7.61. The van der Waals surface area contributed by atoms with Crippen LogP contribution in [0.4, 0.5) is 5.82 Å². The molecule has 0 aliphatic heterocycles. The van der Waals surface area contributed by atoms with E-state index in [-0.39, 0.29) is 0 Å². The van der Waals surface area contributed by atoms with Crippen molar-refractivity contribution in [3.63, 3.8) is 0 Å². The van der Waals surface area contributed by atoms with Crippen LogP contribution in [0.2, 0.25) is 0 Å². The molecule has 0 saturated carbocycles. The number of anilines is 1. The van der Waals surface area contributed by atoms with Gasteiger partial charge in [-0.3, -0.25) is 0 Å². The number of aromatic amines is 1. The molecule has 0 unspecified atom stereocenters. The number of aryl methyl sites for hydroxylation is 2. The quantitative estimate of drug-likeness (QED) is 0.553. The molecule has 4 rings (SSSR count). The van der Waals surface area contributed by atoms with E-state index in [1.807, 2.05) is 18.2 Å². The van der Waals surface area contributed by atoms with Gasteiger partial charge in [-0.15, -0.1) is 0 Å². The normalized spacial score (nSPS) is 11.3. The number of para-hydroxylation sites is 2. The lowest BCUT2D eigenvalue weighted by Crippen LogP contribution is -2.07. The fraction of sp³-hybridized carbons (Fsp3) is 0.250. The number of H-pyrrole nitrogens is 1. The molecule has 116 valence electrons. The number of nitrogens with one attached hydrogen (secondary N) is 2. The average molecular weight is 307 g/mol. The molecule has 0 amide bonds. The van der Waals surface area contributed by atoms with Gasteiger partial charge in [0.15, 0.2) is 11.5 Å². The molecule has 0 bridgehead atoms. The molecule has 4 aromatic rings. The van der Waals surface area contributed by atoms with E-state index in [9.17, 15) is 0 Å². The molecule has 3 heterocycles. The summed E-state index contributed by atoms with van der Waals surface area (Å²) in [6, 6.07) is 8.21. The van der Waals surface area contributed by atoms with Crippen LogP contribution in [0.15, 0.2) is 36.9 Å². The summed E-state index contributed by atoms with van der Waals surface area (Å²) in [5.74, 6) is 1.89. The van der Waals surface area contributed by atoms with Crippen LogP contribution < -0.4 is 5.32 Å². The Balaban J connectivity index is 1.42. The number of nitrogens with zero attached hydrogens (tertiary/aromatic N) is 5. The molecular weight excluding hydrogens is 290 g/mol. The van der Waals surface area contributed by atoms with Crippen LogP contribution in [0, 0.1) is 0 Å². The van der Waals surface area contributed by atoms with E-state index >= 15 is 0 Å². The molecule has 7 heteroatoms. The summed E-state index contributed by atoms with van der Waals surface area (Å²) in [6.07, 6.45) is 5.03. The van der Waals surface area contributed by atoms with E-state index in [0.29, 0.717) is 5.65 Å². The van der Waals surface area contributed by atoms with Crippen molar-refractivity contribution in [3.05, 3.63) is 42.7 Å². The van der Waals surface area contributed by atoms with Crippen LogP contribution in [-0.4, -0.2) is 36.0 Å². The number of rotatable bonds is 5. The highest BCUT2D eigenvalue weighted by atomic mass is 15.1. The van der Waals surface area contributed by atoms with Crippen molar-refractivity contribution < 1.29 is 0 Å². The van der Waals surface area contributed by atoms with Gasteiger partial charge in [-0.1, -0.05) is 12.1 Å². The summed E-state index contributed by atoms with van der Waals surface area (Å²) in [7, 11) is 2.07. The van der Waals surface area contributed by atoms with Gasteiger partial charge < -0.3 is 14.9 Å². The molecule has 0 radical (unpaired) electrons. The highest BCUT2D eigenvalue weighted by Crippen LogP contribution is 2.16. The lowest BCUT2D eigenvalue weighted by atomic mass is 10.3. The summed E-state index contributed by atoms with van der Waals surface area (Å²) >= 11 is 0. The summed E-state index contributed by atoms with van der Waals surface area (Å²) in [5.41, 5.74) is 3.74. The molecule has 23 heavy (non-hydrogen) atoms. The molecule has 1 aromatic carbocycles. The Labute approximate surface area is 132 Å². The third-order valence-electron chi connectivity index (χ3n) is 3.97. The number of fused-ring (bicyclic) bond motifs is 2. The van der Waals surface area contributed by atoms with Crippen LogP contribution >= 0.6 is 0 Å². The minimum atomic E-state index is 0.679. The van der Waals surface area contributed by atoms with Gasteiger partial charge in [0.05, 0.1) is 17.4 Å². The van der Waals surface area contributed by atoms with Crippen molar-refractivity contribution in [2.24, 2.45) is 7.05 Å². The van der Waals surface area contributed by atoms with E-state index < -0.39 is 0 Å². The molecule has 0 fully saturated rings. The van der Waals surface area contributed by atoms with Gasteiger partial charge in [0.2, 0.25) is 0 Å². The maximum Gasteiger partial charge on any atom is 0.182 e. The van der Waals surface area contributed by atoms with Crippen LogP contribution in [0.3, 0.4) is 0 Å². The summed E-state index contributed by atoms with van der Waals surface area (Å²) in [6.45, 7) is 0.814. The van der Waals surface area contributed by atoms with Gasteiger partial charge in [0.25, 0.3) is 0 Å². The molecule has 0 spiro atoms. The van der Waals surface area contributed by atoms with Crippen molar-refractivity contribution in [3.8, 4) is 0 Å². The summed E-state index contributed by atoms with van der Waals surface area (Å²) < 4.78 is 2.16. The maximum atomic E-state index is 4.69. The van der Waals surface area contributed by atoms with Crippen LogP contribution in [-0.2, 0) is 13.5 Å².